The number of aromatic nitrogens is 3. The number of hydrogen-bond acceptors (Lipinski definition) is 6. The van der Waals surface area contributed by atoms with E-state index in [4.69, 9.17) is 9.15 Å². The summed E-state index contributed by atoms with van der Waals surface area (Å²) < 4.78 is 10.8. The van der Waals surface area contributed by atoms with Crippen LogP contribution >= 0.6 is 0 Å². The Kier molecular flexibility index (Phi) is 4.33. The van der Waals surface area contributed by atoms with Crippen molar-refractivity contribution in [2.24, 2.45) is 0 Å². The Labute approximate surface area is 112 Å². The van der Waals surface area contributed by atoms with Crippen LogP contribution in [0.25, 0.3) is 11.6 Å². The quantitative estimate of drug-likeness (QED) is 0.862. The third-order valence-electron chi connectivity index (χ3n) is 2.23. The highest BCUT2D eigenvalue weighted by atomic mass is 16.5. The minimum atomic E-state index is 0.00544. The maximum absolute atomic E-state index is 5.53. The highest BCUT2D eigenvalue weighted by Crippen LogP contribution is 2.19. The molecule has 2 heterocycles. The summed E-state index contributed by atoms with van der Waals surface area (Å²) >= 11 is 0. The highest BCUT2D eigenvalue weighted by Gasteiger charge is 2.12. The zero-order chi connectivity index (χ0) is 13.7. The van der Waals surface area contributed by atoms with Gasteiger partial charge in [0.2, 0.25) is 11.8 Å². The lowest BCUT2D eigenvalue weighted by molar-refractivity contribution is 0.222. The average Bonchev–Trinajstić information content (AvgIpc) is 2.89. The number of hydrogen-bond donors (Lipinski definition) is 1. The Balaban J connectivity index is 2.31. The summed E-state index contributed by atoms with van der Waals surface area (Å²) in [5, 5.41) is 3.13. The zero-order valence-corrected chi connectivity index (χ0v) is 11.4. The molecule has 6 heteroatoms. The molecule has 0 bridgehead atoms. The fourth-order valence-electron chi connectivity index (χ4n) is 1.45. The van der Waals surface area contributed by atoms with Gasteiger partial charge in [-0.15, -0.1) is 0 Å². The number of furan rings is 1. The summed E-state index contributed by atoms with van der Waals surface area (Å²) in [4.78, 5) is 12.8. The molecule has 0 aliphatic heterocycles. The van der Waals surface area contributed by atoms with Gasteiger partial charge in [0.25, 0.3) is 0 Å². The summed E-state index contributed by atoms with van der Waals surface area (Å²) in [6, 6.07) is 3.90. The van der Waals surface area contributed by atoms with Crippen LogP contribution in [0.1, 0.15) is 27.2 Å². The molecule has 0 amide bonds. The average molecular weight is 262 g/mol. The third-order valence-corrected chi connectivity index (χ3v) is 2.23. The molecule has 0 radical (unpaired) electrons. The predicted octanol–water partition coefficient (Wildman–Crippen LogP) is 2.74. The fourth-order valence-corrected chi connectivity index (χ4v) is 1.45. The minimum absolute atomic E-state index is 0.00544. The van der Waals surface area contributed by atoms with E-state index in [1.165, 1.54) is 0 Å². The maximum Gasteiger partial charge on any atom is 0.322 e. The second kappa shape index (κ2) is 6.17. The molecule has 0 aliphatic rings. The monoisotopic (exact) mass is 262 g/mol. The fraction of sp³-hybridized carbons (Fsp3) is 0.462. The zero-order valence-electron chi connectivity index (χ0n) is 11.4. The van der Waals surface area contributed by atoms with Gasteiger partial charge in [0.05, 0.1) is 12.4 Å². The van der Waals surface area contributed by atoms with Crippen LogP contribution in [-0.2, 0) is 0 Å². The molecule has 6 nitrogen and oxygen atoms in total. The van der Waals surface area contributed by atoms with E-state index in [9.17, 15) is 0 Å². The number of anilines is 1. The van der Waals surface area contributed by atoms with Crippen LogP contribution in [0.4, 0.5) is 5.95 Å². The standard InChI is InChI=1S/C13H18N4O2/c1-4-7-14-12-15-11(10-6-5-8-18-10)16-13(17-12)19-9(2)3/h5-6,8-9H,4,7H2,1-3H3,(H,14,15,16,17). The van der Waals surface area contributed by atoms with Crippen molar-refractivity contribution in [3.8, 4) is 17.6 Å². The molecule has 1 N–H and O–H groups in total. The normalized spacial score (nSPS) is 10.7. The molecule has 0 aliphatic carbocycles. The van der Waals surface area contributed by atoms with E-state index in [0.29, 0.717) is 23.5 Å². The van der Waals surface area contributed by atoms with Crippen LogP contribution in [-0.4, -0.2) is 27.6 Å². The Morgan fingerprint density at radius 1 is 1.32 bits per heavy atom. The predicted molar refractivity (Wildman–Crippen MR) is 72.1 cm³/mol. The molecular formula is C13H18N4O2. The molecule has 2 rings (SSSR count). The maximum atomic E-state index is 5.53. The van der Waals surface area contributed by atoms with Gasteiger partial charge in [-0.1, -0.05) is 6.92 Å². The topological polar surface area (TPSA) is 73.1 Å². The Hall–Kier alpha value is -2.11. The molecular weight excluding hydrogens is 244 g/mol. The van der Waals surface area contributed by atoms with E-state index >= 15 is 0 Å². The van der Waals surface area contributed by atoms with Gasteiger partial charge in [0.15, 0.2) is 5.76 Å². The second-order valence-corrected chi connectivity index (χ2v) is 4.34. The summed E-state index contributed by atoms with van der Waals surface area (Å²) in [6.07, 6.45) is 2.58. The molecule has 19 heavy (non-hydrogen) atoms. The van der Waals surface area contributed by atoms with Gasteiger partial charge < -0.3 is 14.5 Å². The van der Waals surface area contributed by atoms with Crippen molar-refractivity contribution in [1.29, 1.82) is 0 Å². The van der Waals surface area contributed by atoms with Gasteiger partial charge in [0.1, 0.15) is 0 Å². The first-order valence-electron chi connectivity index (χ1n) is 6.39. The lowest BCUT2D eigenvalue weighted by atomic mass is 10.4. The van der Waals surface area contributed by atoms with E-state index in [1.807, 2.05) is 13.8 Å². The van der Waals surface area contributed by atoms with Crippen LogP contribution in [0, 0.1) is 0 Å². The highest BCUT2D eigenvalue weighted by molar-refractivity contribution is 5.49. The van der Waals surface area contributed by atoms with Gasteiger partial charge in [-0.3, -0.25) is 0 Å². The van der Waals surface area contributed by atoms with Gasteiger partial charge in [-0.05, 0) is 32.4 Å². The second-order valence-electron chi connectivity index (χ2n) is 4.34. The van der Waals surface area contributed by atoms with E-state index < -0.39 is 0 Å². The SMILES string of the molecule is CCCNc1nc(OC(C)C)nc(-c2ccco2)n1. The third kappa shape index (κ3) is 3.67. The Bertz CT molecular complexity index is 511. The van der Waals surface area contributed by atoms with E-state index in [2.05, 4.69) is 27.2 Å². The van der Waals surface area contributed by atoms with Crippen molar-refractivity contribution in [3.63, 3.8) is 0 Å². The Morgan fingerprint density at radius 3 is 2.79 bits per heavy atom. The van der Waals surface area contributed by atoms with Crippen LogP contribution in [0.3, 0.4) is 0 Å². The molecule has 0 saturated carbocycles. The molecule has 0 aromatic carbocycles. The first-order valence-corrected chi connectivity index (χ1v) is 6.39. The Morgan fingerprint density at radius 2 is 2.16 bits per heavy atom. The smallest absolute Gasteiger partial charge is 0.322 e. The lowest BCUT2D eigenvalue weighted by Gasteiger charge is -2.10. The van der Waals surface area contributed by atoms with Gasteiger partial charge in [-0.2, -0.15) is 15.0 Å². The van der Waals surface area contributed by atoms with E-state index in [1.54, 1.807) is 18.4 Å². The van der Waals surface area contributed by atoms with Crippen molar-refractivity contribution < 1.29 is 9.15 Å². The van der Waals surface area contributed by atoms with E-state index in [0.717, 1.165) is 13.0 Å². The van der Waals surface area contributed by atoms with Crippen molar-refractivity contribution in [2.45, 2.75) is 33.3 Å². The molecule has 0 unspecified atom stereocenters. The molecule has 0 spiro atoms. The minimum Gasteiger partial charge on any atom is -0.461 e. The van der Waals surface area contributed by atoms with Crippen molar-refractivity contribution >= 4 is 5.95 Å². The number of ether oxygens (including phenoxy) is 1. The molecule has 102 valence electrons. The van der Waals surface area contributed by atoms with Crippen molar-refractivity contribution in [1.82, 2.24) is 15.0 Å². The first-order chi connectivity index (χ1) is 9.19. The van der Waals surface area contributed by atoms with Crippen molar-refractivity contribution in [2.75, 3.05) is 11.9 Å². The van der Waals surface area contributed by atoms with Gasteiger partial charge in [-0.25, -0.2) is 0 Å². The van der Waals surface area contributed by atoms with E-state index in [-0.39, 0.29) is 6.10 Å². The molecule has 2 aromatic heterocycles. The number of rotatable bonds is 6. The molecule has 0 saturated heterocycles. The van der Waals surface area contributed by atoms with Crippen molar-refractivity contribution in [3.05, 3.63) is 18.4 Å². The summed E-state index contributed by atoms with van der Waals surface area (Å²) in [7, 11) is 0. The molecule has 2 aromatic rings. The first kappa shape index (κ1) is 13.3. The number of nitrogens with one attached hydrogen (secondary N) is 1. The van der Waals surface area contributed by atoms with Gasteiger partial charge in [0, 0.05) is 6.54 Å². The summed E-state index contributed by atoms with van der Waals surface area (Å²) in [5.41, 5.74) is 0. The van der Waals surface area contributed by atoms with Gasteiger partial charge >= 0.3 is 6.01 Å². The van der Waals surface area contributed by atoms with Crippen LogP contribution in [0.5, 0.6) is 6.01 Å². The summed E-state index contributed by atoms with van der Waals surface area (Å²) in [5.74, 6) is 1.56. The van der Waals surface area contributed by atoms with Crippen LogP contribution in [0.15, 0.2) is 22.8 Å². The van der Waals surface area contributed by atoms with Crippen LogP contribution in [0.2, 0.25) is 0 Å². The molecule has 0 atom stereocenters. The number of nitrogens with zero attached hydrogens (tertiary/aromatic N) is 3. The summed E-state index contributed by atoms with van der Waals surface area (Å²) in [6.45, 7) is 6.72. The van der Waals surface area contributed by atoms with Crippen LogP contribution < -0.4 is 10.1 Å². The largest absolute Gasteiger partial charge is 0.461 e. The lowest BCUT2D eigenvalue weighted by Crippen LogP contribution is -2.12. The molecule has 0 fully saturated rings.